The van der Waals surface area contributed by atoms with Crippen LogP contribution in [0.5, 0.6) is 0 Å². The van der Waals surface area contributed by atoms with E-state index in [1.165, 1.54) is 11.8 Å². The Morgan fingerprint density at radius 3 is 2.84 bits per heavy atom. The van der Waals surface area contributed by atoms with Crippen LogP contribution >= 0.6 is 11.8 Å². The molecule has 2 N–H and O–H groups in total. The zero-order valence-electron chi connectivity index (χ0n) is 14.1. The predicted molar refractivity (Wildman–Crippen MR) is 95.7 cm³/mol. The molecule has 0 bridgehead atoms. The van der Waals surface area contributed by atoms with Crippen molar-refractivity contribution >= 4 is 23.5 Å². The molecule has 8 heteroatoms. The van der Waals surface area contributed by atoms with Gasteiger partial charge in [0.05, 0.1) is 29.4 Å². The van der Waals surface area contributed by atoms with Crippen LogP contribution in [0.25, 0.3) is 0 Å². The molecule has 130 valence electrons. The number of ether oxygens (including phenoxy) is 1. The van der Waals surface area contributed by atoms with Gasteiger partial charge in [-0.2, -0.15) is 0 Å². The summed E-state index contributed by atoms with van der Waals surface area (Å²) in [6.45, 7) is 3.76. The average Bonchev–Trinajstić information content (AvgIpc) is 2.61. The smallest absolute Gasteiger partial charge is 0.336 e. The van der Waals surface area contributed by atoms with E-state index in [0.29, 0.717) is 33.5 Å². The number of rotatable bonds is 4. The van der Waals surface area contributed by atoms with Crippen molar-refractivity contribution in [2.45, 2.75) is 24.9 Å². The topological polar surface area (TPSA) is 97.0 Å². The van der Waals surface area contributed by atoms with Gasteiger partial charge in [0, 0.05) is 11.9 Å². The number of allylic oxidation sites excluding steroid dienone is 1. The standard InChI is InChI=1S/C17H18N4O3S/c1-4-24-16(23)11-9(2)19-14-13(15(22)21-17(20-14)25-3)12(11)10-7-5-6-8-18-10/h5-8,12H,4H2,1-3H3,(H2,19,20,21,22). The van der Waals surface area contributed by atoms with Crippen LogP contribution in [0.1, 0.15) is 31.0 Å². The van der Waals surface area contributed by atoms with Crippen LogP contribution in [0.15, 0.2) is 45.6 Å². The Labute approximate surface area is 148 Å². The minimum Gasteiger partial charge on any atom is -0.463 e. The summed E-state index contributed by atoms with van der Waals surface area (Å²) in [6.07, 6.45) is 3.46. The maximum Gasteiger partial charge on any atom is 0.336 e. The molecule has 1 unspecified atom stereocenters. The number of fused-ring (bicyclic) bond motifs is 1. The molecule has 0 radical (unpaired) electrons. The summed E-state index contributed by atoms with van der Waals surface area (Å²) in [6, 6.07) is 5.39. The number of nitrogens with zero attached hydrogens (tertiary/aromatic N) is 2. The lowest BCUT2D eigenvalue weighted by Gasteiger charge is -2.28. The molecule has 25 heavy (non-hydrogen) atoms. The van der Waals surface area contributed by atoms with Gasteiger partial charge in [-0.3, -0.25) is 9.78 Å². The van der Waals surface area contributed by atoms with Gasteiger partial charge < -0.3 is 15.0 Å². The molecular weight excluding hydrogens is 340 g/mol. The minimum atomic E-state index is -0.636. The highest BCUT2D eigenvalue weighted by molar-refractivity contribution is 7.98. The van der Waals surface area contributed by atoms with Crippen molar-refractivity contribution in [3.63, 3.8) is 0 Å². The molecule has 0 amide bonds. The molecule has 0 saturated heterocycles. The average molecular weight is 358 g/mol. The number of aromatic amines is 1. The highest BCUT2D eigenvalue weighted by atomic mass is 32.2. The SMILES string of the molecule is CCOC(=O)C1=C(C)Nc2nc(SC)[nH]c(=O)c2C1c1ccccn1. The number of hydrogen-bond acceptors (Lipinski definition) is 7. The van der Waals surface area contributed by atoms with Crippen LogP contribution in [-0.4, -0.2) is 33.8 Å². The van der Waals surface area contributed by atoms with E-state index in [-0.39, 0.29) is 12.2 Å². The second kappa shape index (κ2) is 7.10. The summed E-state index contributed by atoms with van der Waals surface area (Å²) in [5.74, 6) is -0.667. The molecule has 3 heterocycles. The van der Waals surface area contributed by atoms with Crippen molar-refractivity contribution in [3.8, 4) is 0 Å². The van der Waals surface area contributed by atoms with E-state index in [1.54, 1.807) is 32.2 Å². The summed E-state index contributed by atoms with van der Waals surface area (Å²) in [5, 5.41) is 3.57. The Morgan fingerprint density at radius 2 is 2.20 bits per heavy atom. The van der Waals surface area contributed by atoms with Gasteiger partial charge in [-0.15, -0.1) is 0 Å². The number of nitrogens with one attached hydrogen (secondary N) is 2. The highest BCUT2D eigenvalue weighted by Gasteiger charge is 2.37. The van der Waals surface area contributed by atoms with Crippen LogP contribution in [0.2, 0.25) is 0 Å². The summed E-state index contributed by atoms with van der Waals surface area (Å²) in [7, 11) is 0. The maximum absolute atomic E-state index is 12.7. The number of carbonyl (C=O) groups excluding carboxylic acids is 1. The molecule has 0 spiro atoms. The lowest BCUT2D eigenvalue weighted by atomic mass is 9.85. The fourth-order valence-electron chi connectivity index (χ4n) is 2.85. The fourth-order valence-corrected chi connectivity index (χ4v) is 3.23. The van der Waals surface area contributed by atoms with Gasteiger partial charge in [-0.1, -0.05) is 17.8 Å². The molecule has 0 aliphatic carbocycles. The molecule has 2 aromatic rings. The lowest BCUT2D eigenvalue weighted by molar-refractivity contribution is -0.138. The number of hydrogen-bond donors (Lipinski definition) is 2. The quantitative estimate of drug-likeness (QED) is 0.492. The van der Waals surface area contributed by atoms with E-state index in [9.17, 15) is 9.59 Å². The summed E-state index contributed by atoms with van der Waals surface area (Å²) < 4.78 is 5.20. The van der Waals surface area contributed by atoms with Crippen molar-refractivity contribution < 1.29 is 9.53 Å². The zero-order chi connectivity index (χ0) is 18.0. The third-order valence-electron chi connectivity index (χ3n) is 3.89. The molecule has 1 aliphatic heterocycles. The van der Waals surface area contributed by atoms with Crippen LogP contribution in [0.4, 0.5) is 5.82 Å². The number of H-pyrrole nitrogens is 1. The predicted octanol–water partition coefficient (Wildman–Crippen LogP) is 2.28. The Kier molecular flexibility index (Phi) is 4.89. The number of pyridine rings is 1. The first-order chi connectivity index (χ1) is 12.1. The largest absolute Gasteiger partial charge is 0.463 e. The van der Waals surface area contributed by atoms with Gasteiger partial charge >= 0.3 is 5.97 Å². The van der Waals surface area contributed by atoms with Crippen molar-refractivity contribution in [2.75, 3.05) is 18.2 Å². The number of thioether (sulfide) groups is 1. The van der Waals surface area contributed by atoms with Crippen molar-refractivity contribution in [1.29, 1.82) is 0 Å². The maximum atomic E-state index is 12.7. The highest BCUT2D eigenvalue weighted by Crippen LogP contribution is 2.39. The van der Waals surface area contributed by atoms with Gasteiger partial charge in [0.1, 0.15) is 5.82 Å². The lowest BCUT2D eigenvalue weighted by Crippen LogP contribution is -2.31. The summed E-state index contributed by atoms with van der Waals surface area (Å²) in [4.78, 5) is 36.8. The van der Waals surface area contributed by atoms with E-state index >= 15 is 0 Å². The van der Waals surface area contributed by atoms with Gasteiger partial charge in [0.2, 0.25) is 0 Å². The summed E-state index contributed by atoms with van der Waals surface area (Å²) >= 11 is 1.34. The number of aromatic nitrogens is 3. The minimum absolute atomic E-state index is 0.247. The Balaban J connectivity index is 2.25. The second-order valence-corrected chi connectivity index (χ2v) is 6.20. The van der Waals surface area contributed by atoms with Crippen molar-refractivity contribution in [1.82, 2.24) is 15.0 Å². The van der Waals surface area contributed by atoms with E-state index in [1.807, 2.05) is 12.3 Å². The molecule has 2 aromatic heterocycles. The molecular formula is C17H18N4O3S. The van der Waals surface area contributed by atoms with Gasteiger partial charge in [-0.25, -0.2) is 9.78 Å². The zero-order valence-corrected chi connectivity index (χ0v) is 14.9. The van der Waals surface area contributed by atoms with E-state index in [2.05, 4.69) is 20.3 Å². The Bertz CT molecular complexity index is 893. The van der Waals surface area contributed by atoms with Crippen molar-refractivity contribution in [2.24, 2.45) is 0 Å². The van der Waals surface area contributed by atoms with Crippen LogP contribution in [-0.2, 0) is 9.53 Å². The molecule has 0 saturated carbocycles. The van der Waals surface area contributed by atoms with Gasteiger partial charge in [0.25, 0.3) is 5.56 Å². The normalized spacial score (nSPS) is 16.2. The monoisotopic (exact) mass is 358 g/mol. The first kappa shape index (κ1) is 17.2. The first-order valence-electron chi connectivity index (χ1n) is 7.80. The Morgan fingerprint density at radius 1 is 1.40 bits per heavy atom. The van der Waals surface area contributed by atoms with Crippen molar-refractivity contribution in [3.05, 3.63) is 57.3 Å². The molecule has 1 atom stereocenters. The summed E-state index contributed by atoms with van der Waals surface area (Å²) in [5.41, 5.74) is 1.64. The number of esters is 1. The van der Waals surface area contributed by atoms with Gasteiger partial charge in [0.15, 0.2) is 5.16 Å². The van der Waals surface area contributed by atoms with Crippen LogP contribution < -0.4 is 10.9 Å². The van der Waals surface area contributed by atoms with Crippen LogP contribution in [0, 0.1) is 0 Å². The third-order valence-corrected chi connectivity index (χ3v) is 4.47. The van der Waals surface area contributed by atoms with E-state index in [4.69, 9.17) is 4.74 Å². The van der Waals surface area contributed by atoms with Gasteiger partial charge in [-0.05, 0) is 32.2 Å². The Hall–Kier alpha value is -2.61. The molecule has 0 aromatic carbocycles. The number of anilines is 1. The molecule has 3 rings (SSSR count). The second-order valence-electron chi connectivity index (χ2n) is 5.41. The fraction of sp³-hybridized carbons (Fsp3) is 0.294. The van der Waals surface area contributed by atoms with Crippen LogP contribution in [0.3, 0.4) is 0 Å². The number of carbonyl (C=O) groups is 1. The van der Waals surface area contributed by atoms with E-state index in [0.717, 1.165) is 0 Å². The molecule has 0 fully saturated rings. The molecule has 7 nitrogen and oxygen atoms in total. The van der Waals surface area contributed by atoms with E-state index < -0.39 is 11.9 Å². The molecule has 1 aliphatic rings. The third kappa shape index (κ3) is 3.17. The first-order valence-corrected chi connectivity index (χ1v) is 9.03.